The molecular formula is C6H11N2O2. The average Bonchev–Trinajstić information content (AvgIpc) is 1.88. The number of carbonyl (C=O) groups excluding carboxylic acids is 1. The van der Waals surface area contributed by atoms with Crippen molar-refractivity contribution < 1.29 is 9.90 Å². The molecule has 4 nitrogen and oxygen atoms in total. The van der Waals surface area contributed by atoms with Gasteiger partial charge in [-0.1, -0.05) is 0 Å². The minimum atomic E-state index is -0.0637. The van der Waals surface area contributed by atoms with Crippen molar-refractivity contribution in [3.05, 3.63) is 6.23 Å². The predicted octanol–water partition coefficient (Wildman–Crippen LogP) is -0.00471. The van der Waals surface area contributed by atoms with Crippen LogP contribution in [0.4, 0.5) is 0 Å². The van der Waals surface area contributed by atoms with Crippen molar-refractivity contribution in [3.8, 4) is 0 Å². The van der Waals surface area contributed by atoms with Crippen molar-refractivity contribution >= 4 is 5.91 Å². The number of aliphatic hydroxyl groups excluding tert-OH is 1. The van der Waals surface area contributed by atoms with Gasteiger partial charge in [-0.2, -0.15) is 0 Å². The quantitative estimate of drug-likeness (QED) is 0.543. The van der Waals surface area contributed by atoms with Gasteiger partial charge in [0.05, 0.1) is 0 Å². The highest BCUT2D eigenvalue weighted by Crippen LogP contribution is 2.07. The van der Waals surface area contributed by atoms with Gasteiger partial charge in [0.15, 0.2) is 0 Å². The van der Waals surface area contributed by atoms with E-state index in [9.17, 15) is 4.79 Å². The molecule has 1 fully saturated rings. The molecule has 0 aliphatic carbocycles. The summed E-state index contributed by atoms with van der Waals surface area (Å²) in [6.07, 6.45) is 1.39. The number of hydrazine groups is 1. The van der Waals surface area contributed by atoms with Crippen LogP contribution in [-0.4, -0.2) is 22.6 Å². The second-order valence-corrected chi connectivity index (χ2v) is 2.29. The van der Waals surface area contributed by atoms with Gasteiger partial charge in [-0.3, -0.25) is 4.79 Å². The highest BCUT2D eigenvalue weighted by molar-refractivity contribution is 5.77. The number of carbonyl (C=O) groups is 1. The van der Waals surface area contributed by atoms with Crippen LogP contribution in [0, 0.1) is 6.23 Å². The monoisotopic (exact) mass is 143 g/mol. The Hall–Kier alpha value is -0.610. The Balaban J connectivity index is 2.48. The maximum Gasteiger partial charge on any atom is 0.239 e. The van der Waals surface area contributed by atoms with Gasteiger partial charge in [0, 0.05) is 13.0 Å². The van der Waals surface area contributed by atoms with Gasteiger partial charge in [-0.25, -0.2) is 10.4 Å². The summed E-state index contributed by atoms with van der Waals surface area (Å²) in [5.41, 5.74) is 2.77. The highest BCUT2D eigenvalue weighted by Gasteiger charge is 2.21. The van der Waals surface area contributed by atoms with Crippen molar-refractivity contribution in [2.24, 2.45) is 0 Å². The van der Waals surface area contributed by atoms with E-state index >= 15 is 0 Å². The second kappa shape index (κ2) is 2.98. The third-order valence-corrected chi connectivity index (χ3v) is 1.41. The number of amides is 1. The fourth-order valence-corrected chi connectivity index (χ4v) is 0.925. The molecule has 57 valence electrons. The first kappa shape index (κ1) is 7.50. The van der Waals surface area contributed by atoms with E-state index in [1.54, 1.807) is 0 Å². The van der Waals surface area contributed by atoms with Gasteiger partial charge >= 0.3 is 0 Å². The summed E-state index contributed by atoms with van der Waals surface area (Å²) in [6.45, 7) is 2.24. The molecule has 0 aromatic carbocycles. The molecule has 1 radical (unpaired) electrons. The van der Waals surface area contributed by atoms with Crippen molar-refractivity contribution in [1.82, 2.24) is 10.4 Å². The van der Waals surface area contributed by atoms with Crippen LogP contribution in [-0.2, 0) is 4.79 Å². The lowest BCUT2D eigenvalue weighted by Gasteiger charge is -2.28. The predicted molar refractivity (Wildman–Crippen MR) is 34.9 cm³/mol. The van der Waals surface area contributed by atoms with E-state index < -0.39 is 0 Å². The van der Waals surface area contributed by atoms with Gasteiger partial charge in [-0.15, -0.1) is 0 Å². The largest absolute Gasteiger partial charge is 0.366 e. The SMILES string of the molecule is C[C](O)N1NCCCC1=O. The number of nitrogens with one attached hydrogen (secondary N) is 1. The summed E-state index contributed by atoms with van der Waals surface area (Å²) in [5, 5.41) is 10.1. The maximum atomic E-state index is 10.9. The van der Waals surface area contributed by atoms with E-state index in [0.29, 0.717) is 6.42 Å². The summed E-state index contributed by atoms with van der Waals surface area (Å²) in [5.74, 6) is -0.0637. The molecule has 0 atom stereocenters. The molecule has 0 bridgehead atoms. The molecular weight excluding hydrogens is 132 g/mol. The van der Waals surface area contributed by atoms with Crippen LogP contribution in [0.1, 0.15) is 19.8 Å². The first-order valence-corrected chi connectivity index (χ1v) is 3.31. The van der Waals surface area contributed by atoms with Crippen molar-refractivity contribution in [1.29, 1.82) is 0 Å². The Morgan fingerprint density at radius 1 is 1.80 bits per heavy atom. The van der Waals surface area contributed by atoms with E-state index in [4.69, 9.17) is 5.11 Å². The van der Waals surface area contributed by atoms with E-state index in [1.165, 1.54) is 11.9 Å². The molecule has 1 heterocycles. The summed E-state index contributed by atoms with van der Waals surface area (Å²) in [6, 6.07) is 0. The minimum Gasteiger partial charge on any atom is -0.366 e. The topological polar surface area (TPSA) is 52.6 Å². The Morgan fingerprint density at radius 2 is 2.50 bits per heavy atom. The van der Waals surface area contributed by atoms with Crippen LogP contribution in [0.5, 0.6) is 0 Å². The van der Waals surface area contributed by atoms with Crippen LogP contribution in [0.25, 0.3) is 0 Å². The number of hydrogen-bond donors (Lipinski definition) is 2. The van der Waals surface area contributed by atoms with Crippen LogP contribution in [0.15, 0.2) is 0 Å². The third kappa shape index (κ3) is 1.46. The van der Waals surface area contributed by atoms with Crippen LogP contribution in [0.2, 0.25) is 0 Å². The van der Waals surface area contributed by atoms with Crippen molar-refractivity contribution in [3.63, 3.8) is 0 Å². The van der Waals surface area contributed by atoms with E-state index in [1.807, 2.05) is 0 Å². The molecule has 0 saturated carbocycles. The normalized spacial score (nSPS) is 20.3. The lowest BCUT2D eigenvalue weighted by atomic mass is 10.2. The molecule has 0 spiro atoms. The molecule has 1 rings (SSSR count). The van der Waals surface area contributed by atoms with Gasteiger partial charge in [0.1, 0.15) is 0 Å². The molecule has 1 amide bonds. The standard InChI is InChI=1S/C6H11N2O2/c1-5(9)8-6(10)3-2-4-7-8/h7,9H,2-4H2,1H3. The zero-order chi connectivity index (χ0) is 7.56. The van der Waals surface area contributed by atoms with Crippen LogP contribution >= 0.6 is 0 Å². The van der Waals surface area contributed by atoms with E-state index in [0.717, 1.165) is 13.0 Å². The van der Waals surface area contributed by atoms with Gasteiger partial charge in [0.2, 0.25) is 12.1 Å². The molecule has 0 aromatic rings. The van der Waals surface area contributed by atoms with Gasteiger partial charge in [0.25, 0.3) is 0 Å². The third-order valence-electron chi connectivity index (χ3n) is 1.41. The fourth-order valence-electron chi connectivity index (χ4n) is 0.925. The molecule has 0 unspecified atom stereocenters. The zero-order valence-electron chi connectivity index (χ0n) is 5.92. The first-order chi connectivity index (χ1) is 4.72. The maximum absolute atomic E-state index is 10.9. The number of hydrogen-bond acceptors (Lipinski definition) is 3. The number of rotatable bonds is 1. The van der Waals surface area contributed by atoms with Crippen molar-refractivity contribution in [2.75, 3.05) is 6.54 Å². The Kier molecular flexibility index (Phi) is 2.24. The second-order valence-electron chi connectivity index (χ2n) is 2.29. The fraction of sp³-hybridized carbons (Fsp3) is 0.667. The van der Waals surface area contributed by atoms with Crippen molar-refractivity contribution in [2.45, 2.75) is 19.8 Å². The van der Waals surface area contributed by atoms with Crippen LogP contribution in [0.3, 0.4) is 0 Å². The average molecular weight is 143 g/mol. The van der Waals surface area contributed by atoms with E-state index in [2.05, 4.69) is 5.43 Å². The number of nitrogens with zero attached hydrogens (tertiary/aromatic N) is 1. The molecule has 2 N–H and O–H groups in total. The smallest absolute Gasteiger partial charge is 0.239 e. The molecule has 1 aliphatic heterocycles. The first-order valence-electron chi connectivity index (χ1n) is 3.31. The van der Waals surface area contributed by atoms with Gasteiger partial charge < -0.3 is 5.11 Å². The van der Waals surface area contributed by atoms with E-state index in [-0.39, 0.29) is 12.1 Å². The molecule has 1 aliphatic rings. The molecule has 10 heavy (non-hydrogen) atoms. The van der Waals surface area contributed by atoms with Crippen LogP contribution < -0.4 is 5.43 Å². The summed E-state index contributed by atoms with van der Waals surface area (Å²) in [4.78, 5) is 10.9. The molecule has 0 aromatic heterocycles. The Labute approximate surface area is 59.8 Å². The Morgan fingerprint density at radius 3 is 2.90 bits per heavy atom. The summed E-state index contributed by atoms with van der Waals surface area (Å²) < 4.78 is 0. The number of aliphatic hydroxyl groups is 1. The Bertz CT molecular complexity index is 136. The zero-order valence-corrected chi connectivity index (χ0v) is 5.92. The molecule has 1 saturated heterocycles. The molecule has 4 heteroatoms. The minimum absolute atomic E-state index is 0.0182. The lowest BCUT2D eigenvalue weighted by Crippen LogP contribution is -2.48. The lowest BCUT2D eigenvalue weighted by molar-refractivity contribution is -0.140. The van der Waals surface area contributed by atoms with Gasteiger partial charge in [-0.05, 0) is 13.3 Å². The summed E-state index contributed by atoms with van der Waals surface area (Å²) in [7, 11) is 0. The summed E-state index contributed by atoms with van der Waals surface area (Å²) >= 11 is 0. The highest BCUT2D eigenvalue weighted by atomic mass is 16.3.